The number of amides is 1. The molecule has 0 aliphatic carbocycles. The van der Waals surface area contributed by atoms with Crippen LogP contribution >= 0.6 is 34.8 Å². The highest BCUT2D eigenvalue weighted by atomic mass is 35.5. The molecule has 10 heteroatoms. The van der Waals surface area contributed by atoms with Crippen molar-refractivity contribution in [3.8, 4) is 5.75 Å². The number of aliphatic hydroxyl groups excluding tert-OH is 1. The average Bonchev–Trinajstić information content (AvgIpc) is 3.06. The normalized spacial score (nSPS) is 17.5. The quantitative estimate of drug-likeness (QED) is 0.274. The molecular formula is C23H14Cl3FN2O4. The molecule has 168 valence electrons. The van der Waals surface area contributed by atoms with Gasteiger partial charge in [0, 0.05) is 16.9 Å². The molecule has 33 heavy (non-hydrogen) atoms. The number of Topliss-reactive ketones (excluding diaryl/α,β-unsaturated/α-hetero) is 1. The topological polar surface area (TPSA) is 79.7 Å². The number of halogens is 4. The maximum absolute atomic E-state index is 13.8. The standard InChI is InChI=1S/C23H14Cl3FN2O4/c1-33-22-13(8-11(24)9-15(22)26)20(30)18-19(17-4-2-3-7-28-17)29(23(32)21(18)31)12-5-6-16(27)14(25)10-12/h2-10,19,30H,1H3/b20-18+. The van der Waals surface area contributed by atoms with Crippen molar-refractivity contribution >= 4 is 57.9 Å². The highest BCUT2D eigenvalue weighted by Gasteiger charge is 2.48. The molecule has 6 nitrogen and oxygen atoms in total. The summed E-state index contributed by atoms with van der Waals surface area (Å²) in [6, 6.07) is 10.1. The molecule has 1 aromatic heterocycles. The lowest BCUT2D eigenvalue weighted by Gasteiger charge is -2.25. The fourth-order valence-electron chi connectivity index (χ4n) is 3.64. The Morgan fingerprint density at radius 3 is 2.48 bits per heavy atom. The minimum atomic E-state index is -1.14. The van der Waals surface area contributed by atoms with Crippen LogP contribution in [0.5, 0.6) is 5.75 Å². The number of methoxy groups -OCH3 is 1. The number of ether oxygens (including phenoxy) is 1. The second-order valence-electron chi connectivity index (χ2n) is 6.99. The highest BCUT2D eigenvalue weighted by Crippen LogP contribution is 2.44. The van der Waals surface area contributed by atoms with Crippen LogP contribution in [0.3, 0.4) is 0 Å². The Labute approximate surface area is 202 Å². The summed E-state index contributed by atoms with van der Waals surface area (Å²) in [6.07, 6.45) is 1.48. The molecular weight excluding hydrogens is 494 g/mol. The van der Waals surface area contributed by atoms with Crippen LogP contribution in [-0.4, -0.2) is 28.9 Å². The fourth-order valence-corrected chi connectivity index (χ4v) is 4.39. The molecule has 1 atom stereocenters. The van der Waals surface area contributed by atoms with Gasteiger partial charge < -0.3 is 9.84 Å². The molecule has 0 spiro atoms. The zero-order valence-corrected chi connectivity index (χ0v) is 19.1. The van der Waals surface area contributed by atoms with E-state index in [1.54, 1.807) is 18.2 Å². The molecule has 1 fully saturated rings. The first kappa shape index (κ1) is 23.0. The number of hydrogen-bond acceptors (Lipinski definition) is 5. The largest absolute Gasteiger partial charge is 0.507 e. The Hall–Kier alpha value is -3.13. The molecule has 1 aliphatic heterocycles. The number of nitrogens with zero attached hydrogens (tertiary/aromatic N) is 2. The number of carbonyl (C=O) groups is 2. The number of aromatic nitrogens is 1. The van der Waals surface area contributed by atoms with Crippen molar-refractivity contribution in [3.05, 3.63) is 92.4 Å². The number of aliphatic hydroxyl groups is 1. The van der Waals surface area contributed by atoms with Gasteiger partial charge in [-0.1, -0.05) is 40.9 Å². The molecule has 4 rings (SSSR count). The van der Waals surface area contributed by atoms with Crippen molar-refractivity contribution in [1.29, 1.82) is 0 Å². The van der Waals surface area contributed by atoms with Gasteiger partial charge in [0.1, 0.15) is 23.4 Å². The van der Waals surface area contributed by atoms with Crippen LogP contribution in [0.4, 0.5) is 10.1 Å². The van der Waals surface area contributed by atoms with E-state index in [4.69, 9.17) is 39.5 Å². The summed E-state index contributed by atoms with van der Waals surface area (Å²) < 4.78 is 19.0. The first-order chi connectivity index (χ1) is 15.7. The van der Waals surface area contributed by atoms with Crippen molar-refractivity contribution in [2.75, 3.05) is 12.0 Å². The lowest BCUT2D eigenvalue weighted by molar-refractivity contribution is -0.132. The Kier molecular flexibility index (Phi) is 6.30. The van der Waals surface area contributed by atoms with E-state index >= 15 is 0 Å². The molecule has 0 radical (unpaired) electrons. The molecule has 1 N–H and O–H groups in total. The van der Waals surface area contributed by atoms with Gasteiger partial charge >= 0.3 is 0 Å². The third-order valence-corrected chi connectivity index (χ3v) is 5.85. The van der Waals surface area contributed by atoms with E-state index in [-0.39, 0.29) is 43.3 Å². The molecule has 2 heterocycles. The van der Waals surface area contributed by atoms with E-state index in [1.165, 1.54) is 37.6 Å². The summed E-state index contributed by atoms with van der Waals surface area (Å²) in [7, 11) is 1.33. The fraction of sp³-hybridized carbons (Fsp3) is 0.0870. The van der Waals surface area contributed by atoms with Crippen LogP contribution in [0.25, 0.3) is 5.76 Å². The Bertz CT molecular complexity index is 1310. The minimum absolute atomic E-state index is 0.0195. The zero-order valence-electron chi connectivity index (χ0n) is 16.9. The Morgan fingerprint density at radius 2 is 1.85 bits per heavy atom. The maximum atomic E-state index is 13.8. The predicted octanol–water partition coefficient (Wildman–Crippen LogP) is 5.82. The van der Waals surface area contributed by atoms with Crippen molar-refractivity contribution < 1.29 is 23.8 Å². The summed E-state index contributed by atoms with van der Waals surface area (Å²) in [5, 5.41) is 11.3. The molecule has 0 saturated carbocycles. The molecule has 1 amide bonds. The molecule has 2 aromatic carbocycles. The second-order valence-corrected chi connectivity index (χ2v) is 8.24. The maximum Gasteiger partial charge on any atom is 0.300 e. The lowest BCUT2D eigenvalue weighted by atomic mass is 9.97. The molecule has 3 aromatic rings. The van der Waals surface area contributed by atoms with Crippen LogP contribution in [0.15, 0.2) is 60.3 Å². The smallest absolute Gasteiger partial charge is 0.300 e. The van der Waals surface area contributed by atoms with Gasteiger partial charge in [-0.25, -0.2) is 4.39 Å². The van der Waals surface area contributed by atoms with Crippen molar-refractivity contribution in [3.63, 3.8) is 0 Å². The number of benzene rings is 2. The van der Waals surface area contributed by atoms with E-state index in [9.17, 15) is 19.1 Å². The molecule has 0 bridgehead atoms. The monoisotopic (exact) mass is 506 g/mol. The molecule has 1 aliphatic rings. The van der Waals surface area contributed by atoms with Gasteiger partial charge in [0.05, 0.1) is 34.0 Å². The van der Waals surface area contributed by atoms with Crippen LogP contribution in [0.1, 0.15) is 17.3 Å². The molecule has 1 saturated heterocycles. The van der Waals surface area contributed by atoms with E-state index in [0.717, 1.165) is 11.0 Å². The minimum Gasteiger partial charge on any atom is -0.507 e. The van der Waals surface area contributed by atoms with Crippen LogP contribution < -0.4 is 9.64 Å². The van der Waals surface area contributed by atoms with Gasteiger partial charge in [-0.3, -0.25) is 19.5 Å². The van der Waals surface area contributed by atoms with Crippen LogP contribution in [-0.2, 0) is 9.59 Å². The lowest BCUT2D eigenvalue weighted by Crippen LogP contribution is -2.29. The summed E-state index contributed by atoms with van der Waals surface area (Å²) >= 11 is 18.2. The third-order valence-electron chi connectivity index (χ3n) is 5.06. The number of pyridine rings is 1. The number of rotatable bonds is 4. The predicted molar refractivity (Wildman–Crippen MR) is 123 cm³/mol. The average molecular weight is 508 g/mol. The highest BCUT2D eigenvalue weighted by molar-refractivity contribution is 6.52. The zero-order chi connectivity index (χ0) is 23.9. The summed E-state index contributed by atoms with van der Waals surface area (Å²) in [4.78, 5) is 31.6. The summed E-state index contributed by atoms with van der Waals surface area (Å²) in [5.74, 6) is -3.12. The first-order valence-corrected chi connectivity index (χ1v) is 10.6. The van der Waals surface area contributed by atoms with Crippen molar-refractivity contribution in [2.24, 2.45) is 0 Å². The van der Waals surface area contributed by atoms with Gasteiger partial charge in [-0.2, -0.15) is 0 Å². The van der Waals surface area contributed by atoms with Crippen LogP contribution in [0.2, 0.25) is 15.1 Å². The third kappa shape index (κ3) is 4.04. The molecule has 1 unspecified atom stereocenters. The van der Waals surface area contributed by atoms with E-state index in [0.29, 0.717) is 0 Å². The number of anilines is 1. The first-order valence-electron chi connectivity index (χ1n) is 9.45. The number of ketones is 1. The summed E-state index contributed by atoms with van der Waals surface area (Å²) in [6.45, 7) is 0. The van der Waals surface area contributed by atoms with E-state index in [2.05, 4.69) is 4.98 Å². The van der Waals surface area contributed by atoms with E-state index < -0.39 is 29.3 Å². The SMILES string of the molecule is COc1c(Cl)cc(Cl)cc1/C(O)=C1\C(=O)C(=O)N(c2ccc(F)c(Cl)c2)C1c1ccccn1. The van der Waals surface area contributed by atoms with Gasteiger partial charge in [-0.15, -0.1) is 0 Å². The Morgan fingerprint density at radius 1 is 1.09 bits per heavy atom. The summed E-state index contributed by atoms with van der Waals surface area (Å²) in [5.41, 5.74) is 0.182. The number of hydrogen-bond donors (Lipinski definition) is 1. The second kappa shape index (κ2) is 9.02. The Balaban J connectivity index is 2.00. The number of carbonyl (C=O) groups excluding carboxylic acids is 2. The van der Waals surface area contributed by atoms with E-state index in [1.807, 2.05) is 0 Å². The van der Waals surface area contributed by atoms with Crippen LogP contribution in [0, 0.1) is 5.82 Å². The van der Waals surface area contributed by atoms with Gasteiger partial charge in [0.2, 0.25) is 0 Å². The van der Waals surface area contributed by atoms with Gasteiger partial charge in [0.25, 0.3) is 11.7 Å². The van der Waals surface area contributed by atoms with Gasteiger partial charge in [-0.05, 0) is 42.5 Å². The van der Waals surface area contributed by atoms with Gasteiger partial charge in [0.15, 0.2) is 0 Å². The van der Waals surface area contributed by atoms with Crippen molar-refractivity contribution in [1.82, 2.24) is 4.98 Å². The van der Waals surface area contributed by atoms with Crippen molar-refractivity contribution in [2.45, 2.75) is 6.04 Å².